The van der Waals surface area contributed by atoms with E-state index in [0.717, 1.165) is 56.3 Å². The SMILES string of the molecule is COc1ncc(CN2CCC3(CCCN(Cc4cccc(OC)c4OC)C3)C2)cn1. The van der Waals surface area contributed by atoms with E-state index in [0.29, 0.717) is 11.4 Å². The van der Waals surface area contributed by atoms with Crippen molar-refractivity contribution in [3.8, 4) is 17.5 Å². The average molecular weight is 413 g/mol. The van der Waals surface area contributed by atoms with Crippen LogP contribution in [-0.4, -0.2) is 67.3 Å². The fraction of sp³-hybridized carbons (Fsp3) is 0.565. The van der Waals surface area contributed by atoms with E-state index in [2.05, 4.69) is 25.8 Å². The van der Waals surface area contributed by atoms with Gasteiger partial charge in [0, 0.05) is 49.7 Å². The van der Waals surface area contributed by atoms with Crippen molar-refractivity contribution in [3.05, 3.63) is 41.7 Å². The van der Waals surface area contributed by atoms with Gasteiger partial charge in [-0.1, -0.05) is 12.1 Å². The van der Waals surface area contributed by atoms with Crippen LogP contribution in [0.1, 0.15) is 30.4 Å². The molecule has 0 bridgehead atoms. The summed E-state index contributed by atoms with van der Waals surface area (Å²) < 4.78 is 16.2. The Kier molecular flexibility index (Phi) is 6.39. The molecule has 1 aromatic heterocycles. The molecule has 2 aliphatic heterocycles. The number of hydrogen-bond acceptors (Lipinski definition) is 7. The van der Waals surface area contributed by atoms with Crippen molar-refractivity contribution in [2.75, 3.05) is 47.5 Å². The molecule has 2 aromatic rings. The van der Waals surface area contributed by atoms with Crippen LogP contribution < -0.4 is 14.2 Å². The monoisotopic (exact) mass is 412 g/mol. The van der Waals surface area contributed by atoms with Crippen molar-refractivity contribution in [2.24, 2.45) is 5.41 Å². The van der Waals surface area contributed by atoms with E-state index >= 15 is 0 Å². The predicted molar refractivity (Wildman–Crippen MR) is 115 cm³/mol. The highest BCUT2D eigenvalue weighted by molar-refractivity contribution is 5.46. The summed E-state index contributed by atoms with van der Waals surface area (Å²) >= 11 is 0. The summed E-state index contributed by atoms with van der Waals surface area (Å²) in [4.78, 5) is 13.6. The molecule has 0 saturated carbocycles. The standard InChI is InChI=1S/C23H32N4O3/c1-28-20-7-4-6-19(21(20)29-2)15-26-10-5-8-23(16-26)9-11-27(17-23)14-18-12-24-22(30-3)25-13-18/h4,6-7,12-13H,5,8-11,14-17H2,1-3H3. The Morgan fingerprint density at radius 1 is 0.900 bits per heavy atom. The molecule has 30 heavy (non-hydrogen) atoms. The average Bonchev–Trinajstić information content (AvgIpc) is 3.15. The maximum absolute atomic E-state index is 5.65. The quantitative estimate of drug-likeness (QED) is 0.693. The van der Waals surface area contributed by atoms with Gasteiger partial charge in [0.25, 0.3) is 0 Å². The molecule has 0 radical (unpaired) electrons. The third kappa shape index (κ3) is 4.52. The molecule has 0 N–H and O–H groups in total. The molecular formula is C23H32N4O3. The zero-order valence-electron chi connectivity index (χ0n) is 18.3. The number of methoxy groups -OCH3 is 3. The van der Waals surface area contributed by atoms with Gasteiger partial charge in [-0.15, -0.1) is 0 Å². The van der Waals surface area contributed by atoms with E-state index in [1.54, 1.807) is 21.3 Å². The van der Waals surface area contributed by atoms with E-state index < -0.39 is 0 Å². The lowest BCUT2D eigenvalue weighted by Gasteiger charge is -2.40. The molecule has 1 unspecified atom stereocenters. The number of likely N-dealkylation sites (tertiary alicyclic amines) is 2. The molecule has 2 saturated heterocycles. The van der Waals surface area contributed by atoms with Crippen LogP contribution in [0.25, 0.3) is 0 Å². The fourth-order valence-corrected chi connectivity index (χ4v) is 5.05. The van der Waals surface area contributed by atoms with Crippen LogP contribution >= 0.6 is 0 Å². The van der Waals surface area contributed by atoms with Crippen LogP contribution in [0.4, 0.5) is 0 Å². The minimum absolute atomic E-state index is 0.373. The number of piperidine rings is 1. The first-order valence-electron chi connectivity index (χ1n) is 10.6. The molecule has 7 nitrogen and oxygen atoms in total. The largest absolute Gasteiger partial charge is 0.493 e. The van der Waals surface area contributed by atoms with Crippen LogP contribution in [0.2, 0.25) is 0 Å². The van der Waals surface area contributed by atoms with Gasteiger partial charge in [0.15, 0.2) is 11.5 Å². The summed E-state index contributed by atoms with van der Waals surface area (Å²) in [5.74, 6) is 1.66. The van der Waals surface area contributed by atoms with Crippen LogP contribution in [-0.2, 0) is 13.1 Å². The first-order valence-corrected chi connectivity index (χ1v) is 10.6. The van der Waals surface area contributed by atoms with Crippen molar-refractivity contribution in [2.45, 2.75) is 32.4 Å². The van der Waals surface area contributed by atoms with Gasteiger partial charge in [0.2, 0.25) is 0 Å². The number of hydrogen-bond donors (Lipinski definition) is 0. The van der Waals surface area contributed by atoms with E-state index in [-0.39, 0.29) is 0 Å². The third-order valence-electron chi connectivity index (χ3n) is 6.41. The minimum atomic E-state index is 0.373. The Morgan fingerprint density at radius 3 is 2.37 bits per heavy atom. The van der Waals surface area contributed by atoms with Crippen LogP contribution in [0.3, 0.4) is 0 Å². The van der Waals surface area contributed by atoms with Gasteiger partial charge in [-0.3, -0.25) is 9.80 Å². The van der Waals surface area contributed by atoms with Gasteiger partial charge < -0.3 is 14.2 Å². The summed E-state index contributed by atoms with van der Waals surface area (Å²) in [7, 11) is 5.00. The normalized spacial score (nSPS) is 22.4. The predicted octanol–water partition coefficient (Wildman–Crippen LogP) is 2.99. The molecule has 1 spiro atoms. The molecular weight excluding hydrogens is 380 g/mol. The Labute approximate surface area is 179 Å². The smallest absolute Gasteiger partial charge is 0.316 e. The summed E-state index contributed by atoms with van der Waals surface area (Å²) in [6.07, 6.45) is 7.54. The lowest BCUT2D eigenvalue weighted by molar-refractivity contribution is 0.0859. The molecule has 7 heteroatoms. The van der Waals surface area contributed by atoms with Crippen LogP contribution in [0, 0.1) is 5.41 Å². The number of rotatable bonds is 7. The summed E-state index contributed by atoms with van der Waals surface area (Å²) in [6, 6.07) is 6.57. The minimum Gasteiger partial charge on any atom is -0.493 e. The summed E-state index contributed by atoms with van der Waals surface area (Å²) in [6.45, 7) is 6.31. The van der Waals surface area contributed by atoms with E-state index in [1.165, 1.54) is 24.8 Å². The van der Waals surface area contributed by atoms with Gasteiger partial charge >= 0.3 is 6.01 Å². The van der Waals surface area contributed by atoms with E-state index in [1.807, 2.05) is 24.5 Å². The van der Waals surface area contributed by atoms with Gasteiger partial charge in [-0.25, -0.2) is 9.97 Å². The lowest BCUT2D eigenvalue weighted by Crippen LogP contribution is -2.44. The van der Waals surface area contributed by atoms with Crippen molar-refractivity contribution in [1.29, 1.82) is 0 Å². The highest BCUT2D eigenvalue weighted by Gasteiger charge is 2.41. The first-order chi connectivity index (χ1) is 14.6. The second-order valence-electron chi connectivity index (χ2n) is 8.51. The summed E-state index contributed by atoms with van der Waals surface area (Å²) in [5.41, 5.74) is 2.71. The summed E-state index contributed by atoms with van der Waals surface area (Å²) in [5, 5.41) is 0. The maximum Gasteiger partial charge on any atom is 0.316 e. The van der Waals surface area contributed by atoms with Crippen LogP contribution in [0.5, 0.6) is 17.5 Å². The zero-order valence-corrected chi connectivity index (χ0v) is 18.3. The Bertz CT molecular complexity index is 845. The molecule has 0 aliphatic carbocycles. The van der Waals surface area contributed by atoms with Crippen molar-refractivity contribution in [1.82, 2.24) is 19.8 Å². The second-order valence-corrected chi connectivity index (χ2v) is 8.51. The number of aromatic nitrogens is 2. The van der Waals surface area contributed by atoms with Crippen molar-refractivity contribution >= 4 is 0 Å². The van der Waals surface area contributed by atoms with Crippen molar-refractivity contribution < 1.29 is 14.2 Å². The third-order valence-corrected chi connectivity index (χ3v) is 6.41. The van der Waals surface area contributed by atoms with Gasteiger partial charge in [0.05, 0.1) is 21.3 Å². The van der Waals surface area contributed by atoms with Gasteiger partial charge in [-0.2, -0.15) is 0 Å². The number of ether oxygens (including phenoxy) is 3. The topological polar surface area (TPSA) is 60.0 Å². The molecule has 2 fully saturated rings. The Balaban J connectivity index is 1.39. The zero-order chi connectivity index (χ0) is 21.0. The lowest BCUT2D eigenvalue weighted by atomic mass is 9.79. The number of nitrogens with zero attached hydrogens (tertiary/aromatic N) is 4. The van der Waals surface area contributed by atoms with E-state index in [4.69, 9.17) is 14.2 Å². The van der Waals surface area contributed by atoms with Gasteiger partial charge in [0.1, 0.15) is 0 Å². The molecule has 4 rings (SSSR count). The Hall–Kier alpha value is -2.38. The van der Waals surface area contributed by atoms with Gasteiger partial charge in [-0.05, 0) is 43.8 Å². The van der Waals surface area contributed by atoms with E-state index in [9.17, 15) is 0 Å². The van der Waals surface area contributed by atoms with Crippen LogP contribution in [0.15, 0.2) is 30.6 Å². The molecule has 2 aliphatic rings. The maximum atomic E-state index is 5.65. The molecule has 3 heterocycles. The fourth-order valence-electron chi connectivity index (χ4n) is 5.05. The molecule has 0 amide bonds. The highest BCUT2D eigenvalue weighted by atomic mass is 16.5. The second kappa shape index (κ2) is 9.18. The molecule has 1 atom stereocenters. The highest BCUT2D eigenvalue weighted by Crippen LogP contribution is 2.40. The van der Waals surface area contributed by atoms with Crippen molar-refractivity contribution in [3.63, 3.8) is 0 Å². The molecule has 1 aromatic carbocycles. The molecule has 162 valence electrons. The Morgan fingerprint density at radius 2 is 1.67 bits per heavy atom. The number of para-hydroxylation sites is 1. The number of benzene rings is 1. The first kappa shape index (κ1) is 20.9.